The van der Waals surface area contributed by atoms with E-state index in [0.29, 0.717) is 12.6 Å². The van der Waals surface area contributed by atoms with Gasteiger partial charge < -0.3 is 10.1 Å². The van der Waals surface area contributed by atoms with Gasteiger partial charge in [-0.15, -0.1) is 0 Å². The smallest absolute Gasteiger partial charge is 0.123 e. The summed E-state index contributed by atoms with van der Waals surface area (Å²) >= 11 is 0. The van der Waals surface area contributed by atoms with Crippen LogP contribution in [0.3, 0.4) is 0 Å². The van der Waals surface area contributed by atoms with Gasteiger partial charge in [-0.3, -0.25) is 0 Å². The summed E-state index contributed by atoms with van der Waals surface area (Å²) < 4.78 is 18.1. The van der Waals surface area contributed by atoms with Crippen molar-refractivity contribution in [3.63, 3.8) is 0 Å². The number of ether oxygens (including phenoxy) is 1. The van der Waals surface area contributed by atoms with E-state index in [-0.39, 0.29) is 5.82 Å². The topological polar surface area (TPSA) is 21.3 Å². The molecule has 0 bridgehead atoms. The van der Waals surface area contributed by atoms with Crippen LogP contribution < -0.4 is 10.1 Å². The van der Waals surface area contributed by atoms with Gasteiger partial charge in [-0.25, -0.2) is 4.39 Å². The highest BCUT2D eigenvalue weighted by Gasteiger charge is 2.13. The van der Waals surface area contributed by atoms with Gasteiger partial charge in [0, 0.05) is 12.6 Å². The monoisotopic (exact) mass is 223 g/mol. The molecule has 0 aliphatic heterocycles. The molecule has 0 spiro atoms. The lowest BCUT2D eigenvalue weighted by Crippen LogP contribution is -2.30. The first-order valence-electron chi connectivity index (χ1n) is 5.96. The van der Waals surface area contributed by atoms with Gasteiger partial charge >= 0.3 is 0 Å². The number of hydrogen-bond donors (Lipinski definition) is 1. The second-order valence-electron chi connectivity index (χ2n) is 4.24. The SMILES string of the molecule is Fc1ccc(OCCNC2CCCC2)cc1. The van der Waals surface area contributed by atoms with E-state index in [1.807, 2.05) is 0 Å². The Morgan fingerprint density at radius 2 is 1.88 bits per heavy atom. The Morgan fingerprint density at radius 3 is 2.56 bits per heavy atom. The molecule has 0 unspecified atom stereocenters. The van der Waals surface area contributed by atoms with E-state index in [1.165, 1.54) is 37.8 Å². The number of hydrogen-bond acceptors (Lipinski definition) is 2. The molecule has 0 heterocycles. The van der Waals surface area contributed by atoms with Crippen molar-refractivity contribution in [2.45, 2.75) is 31.7 Å². The van der Waals surface area contributed by atoms with E-state index < -0.39 is 0 Å². The van der Waals surface area contributed by atoms with E-state index in [1.54, 1.807) is 12.1 Å². The van der Waals surface area contributed by atoms with Crippen molar-refractivity contribution in [2.24, 2.45) is 0 Å². The molecule has 1 aromatic rings. The van der Waals surface area contributed by atoms with E-state index in [2.05, 4.69) is 5.32 Å². The first-order chi connectivity index (χ1) is 7.84. The van der Waals surface area contributed by atoms with Crippen molar-refractivity contribution in [3.05, 3.63) is 30.1 Å². The second-order valence-corrected chi connectivity index (χ2v) is 4.24. The molecule has 0 atom stereocenters. The van der Waals surface area contributed by atoms with E-state index in [9.17, 15) is 4.39 Å². The van der Waals surface area contributed by atoms with Gasteiger partial charge in [0.2, 0.25) is 0 Å². The lowest BCUT2D eigenvalue weighted by Gasteiger charge is -2.12. The third kappa shape index (κ3) is 3.49. The molecule has 2 nitrogen and oxygen atoms in total. The van der Waals surface area contributed by atoms with Gasteiger partial charge in [-0.1, -0.05) is 12.8 Å². The minimum atomic E-state index is -0.226. The van der Waals surface area contributed by atoms with Gasteiger partial charge in [0.1, 0.15) is 18.2 Å². The minimum absolute atomic E-state index is 0.226. The van der Waals surface area contributed by atoms with Crippen LogP contribution in [0.4, 0.5) is 4.39 Å². The molecule has 1 aromatic carbocycles. The fourth-order valence-corrected chi connectivity index (χ4v) is 2.09. The van der Waals surface area contributed by atoms with E-state index in [4.69, 9.17) is 4.74 Å². The summed E-state index contributed by atoms with van der Waals surface area (Å²) in [5.74, 6) is 0.506. The lowest BCUT2D eigenvalue weighted by atomic mass is 10.2. The third-order valence-electron chi connectivity index (χ3n) is 2.97. The van der Waals surface area contributed by atoms with Crippen LogP contribution in [0.15, 0.2) is 24.3 Å². The zero-order valence-corrected chi connectivity index (χ0v) is 9.42. The Kier molecular flexibility index (Phi) is 4.17. The standard InChI is InChI=1S/C13H18FNO/c14-11-5-7-13(8-6-11)16-10-9-15-12-3-1-2-4-12/h5-8,12,15H,1-4,9-10H2. The van der Waals surface area contributed by atoms with Crippen LogP contribution in [0, 0.1) is 5.82 Å². The zero-order chi connectivity index (χ0) is 11.2. The molecule has 16 heavy (non-hydrogen) atoms. The Labute approximate surface area is 95.8 Å². The molecule has 1 aliphatic rings. The van der Waals surface area contributed by atoms with Gasteiger partial charge in [-0.05, 0) is 37.1 Å². The summed E-state index contributed by atoms with van der Waals surface area (Å²) in [6.45, 7) is 1.50. The van der Waals surface area contributed by atoms with Gasteiger partial charge in [-0.2, -0.15) is 0 Å². The minimum Gasteiger partial charge on any atom is -0.492 e. The van der Waals surface area contributed by atoms with E-state index in [0.717, 1.165) is 12.3 Å². The summed E-state index contributed by atoms with van der Waals surface area (Å²) in [7, 11) is 0. The summed E-state index contributed by atoms with van der Waals surface area (Å²) in [6, 6.07) is 6.83. The molecule has 0 amide bonds. The molecule has 1 aliphatic carbocycles. The number of benzene rings is 1. The highest BCUT2D eigenvalue weighted by atomic mass is 19.1. The zero-order valence-electron chi connectivity index (χ0n) is 9.42. The Bertz CT molecular complexity index is 306. The van der Waals surface area contributed by atoms with Crippen LogP contribution in [0.1, 0.15) is 25.7 Å². The maximum atomic E-state index is 12.6. The molecule has 88 valence electrons. The van der Waals surface area contributed by atoms with Crippen LogP contribution in [-0.4, -0.2) is 19.2 Å². The number of halogens is 1. The maximum Gasteiger partial charge on any atom is 0.123 e. The maximum absolute atomic E-state index is 12.6. The summed E-state index contributed by atoms with van der Waals surface area (Å²) in [5, 5.41) is 3.46. The highest BCUT2D eigenvalue weighted by Crippen LogP contribution is 2.17. The fraction of sp³-hybridized carbons (Fsp3) is 0.538. The Hall–Kier alpha value is -1.09. The molecular formula is C13H18FNO. The average molecular weight is 223 g/mol. The Morgan fingerprint density at radius 1 is 1.19 bits per heavy atom. The third-order valence-corrected chi connectivity index (χ3v) is 2.97. The highest BCUT2D eigenvalue weighted by molar-refractivity contribution is 5.21. The van der Waals surface area contributed by atoms with Gasteiger partial charge in [0.25, 0.3) is 0 Å². The molecule has 1 saturated carbocycles. The van der Waals surface area contributed by atoms with Crippen molar-refractivity contribution in [3.8, 4) is 5.75 Å². The fourth-order valence-electron chi connectivity index (χ4n) is 2.09. The summed E-state index contributed by atoms with van der Waals surface area (Å²) in [4.78, 5) is 0. The van der Waals surface area contributed by atoms with Crippen LogP contribution in [-0.2, 0) is 0 Å². The van der Waals surface area contributed by atoms with Crippen molar-refractivity contribution in [2.75, 3.05) is 13.2 Å². The number of nitrogens with one attached hydrogen (secondary N) is 1. The predicted octanol–water partition coefficient (Wildman–Crippen LogP) is 2.74. The molecule has 0 radical (unpaired) electrons. The molecular weight excluding hydrogens is 205 g/mol. The van der Waals surface area contributed by atoms with Gasteiger partial charge in [0.15, 0.2) is 0 Å². The van der Waals surface area contributed by atoms with Crippen LogP contribution in [0.5, 0.6) is 5.75 Å². The largest absolute Gasteiger partial charge is 0.492 e. The van der Waals surface area contributed by atoms with E-state index >= 15 is 0 Å². The van der Waals surface area contributed by atoms with Crippen LogP contribution in [0.2, 0.25) is 0 Å². The van der Waals surface area contributed by atoms with Crippen molar-refractivity contribution in [1.82, 2.24) is 5.32 Å². The molecule has 1 fully saturated rings. The molecule has 0 saturated heterocycles. The second kappa shape index (κ2) is 5.85. The molecule has 0 aromatic heterocycles. The number of rotatable bonds is 5. The van der Waals surface area contributed by atoms with Crippen molar-refractivity contribution >= 4 is 0 Å². The first kappa shape index (κ1) is 11.4. The van der Waals surface area contributed by atoms with Crippen LogP contribution >= 0.6 is 0 Å². The molecule has 2 rings (SSSR count). The summed E-state index contributed by atoms with van der Waals surface area (Å²) in [6.07, 6.45) is 5.26. The Balaban J connectivity index is 1.62. The quantitative estimate of drug-likeness (QED) is 0.775. The van der Waals surface area contributed by atoms with Crippen molar-refractivity contribution < 1.29 is 9.13 Å². The molecule has 3 heteroatoms. The lowest BCUT2D eigenvalue weighted by molar-refractivity contribution is 0.305. The summed E-state index contributed by atoms with van der Waals surface area (Å²) in [5.41, 5.74) is 0. The predicted molar refractivity (Wildman–Crippen MR) is 62.2 cm³/mol. The van der Waals surface area contributed by atoms with Gasteiger partial charge in [0.05, 0.1) is 0 Å². The normalized spacial score (nSPS) is 16.6. The first-order valence-corrected chi connectivity index (χ1v) is 5.96. The molecule has 1 N–H and O–H groups in total. The van der Waals surface area contributed by atoms with Crippen molar-refractivity contribution in [1.29, 1.82) is 0 Å². The van der Waals surface area contributed by atoms with Crippen LogP contribution in [0.25, 0.3) is 0 Å². The average Bonchev–Trinajstić information content (AvgIpc) is 2.80.